The van der Waals surface area contributed by atoms with Gasteiger partial charge in [0.2, 0.25) is 5.91 Å². The van der Waals surface area contributed by atoms with E-state index in [9.17, 15) is 14.4 Å². The van der Waals surface area contributed by atoms with Crippen molar-refractivity contribution in [1.29, 1.82) is 0 Å². The van der Waals surface area contributed by atoms with Crippen molar-refractivity contribution >= 4 is 17.8 Å². The molecule has 1 aromatic rings. The summed E-state index contributed by atoms with van der Waals surface area (Å²) in [5.41, 5.74) is 0. The highest BCUT2D eigenvalue weighted by Crippen LogP contribution is 2.24. The second-order valence-electron chi connectivity index (χ2n) is 6.98. The van der Waals surface area contributed by atoms with Gasteiger partial charge in [-0.3, -0.25) is 14.5 Å². The van der Waals surface area contributed by atoms with E-state index >= 15 is 0 Å². The number of imide groups is 1. The minimum absolute atomic E-state index is 0.0507. The minimum Gasteiger partial charge on any atom is -0.467 e. The summed E-state index contributed by atoms with van der Waals surface area (Å²) in [4.78, 5) is 37.6. The Labute approximate surface area is 147 Å². The normalized spacial score (nSPS) is 26.6. The molecule has 1 saturated carbocycles. The fraction of sp³-hybridized carbons (Fsp3) is 0.611. The third kappa shape index (κ3) is 4.21. The summed E-state index contributed by atoms with van der Waals surface area (Å²) < 4.78 is 5.18. The summed E-state index contributed by atoms with van der Waals surface area (Å²) >= 11 is 0. The number of nitrogens with zero attached hydrogens (tertiary/aromatic N) is 1. The van der Waals surface area contributed by atoms with E-state index in [-0.39, 0.29) is 30.8 Å². The van der Waals surface area contributed by atoms with E-state index in [1.165, 1.54) is 12.7 Å². The topological polar surface area (TPSA) is 91.7 Å². The highest BCUT2D eigenvalue weighted by Gasteiger charge is 2.38. The molecular formula is C18H25N3O4. The van der Waals surface area contributed by atoms with Gasteiger partial charge in [-0.05, 0) is 37.3 Å². The zero-order chi connectivity index (χ0) is 17.8. The highest BCUT2D eigenvalue weighted by molar-refractivity contribution is 6.04. The summed E-state index contributed by atoms with van der Waals surface area (Å²) in [5, 5.41) is 5.72. The van der Waals surface area contributed by atoms with Crippen molar-refractivity contribution in [2.24, 2.45) is 5.92 Å². The predicted octanol–water partition coefficient (Wildman–Crippen LogP) is 2.18. The molecule has 1 aliphatic carbocycles. The lowest BCUT2D eigenvalue weighted by atomic mass is 9.86. The number of urea groups is 1. The van der Waals surface area contributed by atoms with Gasteiger partial charge in [0.05, 0.1) is 12.8 Å². The summed E-state index contributed by atoms with van der Waals surface area (Å²) in [6, 6.07) is 2.57. The average Bonchev–Trinajstić information content (AvgIpc) is 3.19. The highest BCUT2D eigenvalue weighted by atomic mass is 16.3. The van der Waals surface area contributed by atoms with Crippen molar-refractivity contribution in [3.8, 4) is 0 Å². The summed E-state index contributed by atoms with van der Waals surface area (Å²) in [6.45, 7) is 2.28. The van der Waals surface area contributed by atoms with Gasteiger partial charge in [-0.2, -0.15) is 0 Å². The molecule has 2 heterocycles. The molecule has 7 heteroatoms. The van der Waals surface area contributed by atoms with Gasteiger partial charge in [0.1, 0.15) is 11.8 Å². The van der Waals surface area contributed by atoms with Crippen LogP contribution in [0.2, 0.25) is 0 Å². The molecule has 2 N–H and O–H groups in total. The maximum atomic E-state index is 12.4. The molecule has 0 bridgehead atoms. The second kappa shape index (κ2) is 7.72. The van der Waals surface area contributed by atoms with E-state index in [0.29, 0.717) is 18.1 Å². The van der Waals surface area contributed by atoms with Crippen LogP contribution in [0.3, 0.4) is 0 Å². The van der Waals surface area contributed by atoms with Crippen LogP contribution in [0, 0.1) is 5.92 Å². The Morgan fingerprint density at radius 2 is 2.16 bits per heavy atom. The van der Waals surface area contributed by atoms with Gasteiger partial charge in [-0.25, -0.2) is 4.79 Å². The summed E-state index contributed by atoms with van der Waals surface area (Å²) in [6.07, 6.45) is 6.57. The Morgan fingerprint density at radius 3 is 2.88 bits per heavy atom. The molecule has 0 radical (unpaired) electrons. The van der Waals surface area contributed by atoms with E-state index in [1.54, 1.807) is 12.1 Å². The first-order chi connectivity index (χ1) is 12.0. The van der Waals surface area contributed by atoms with E-state index in [4.69, 9.17) is 4.42 Å². The van der Waals surface area contributed by atoms with Gasteiger partial charge in [0.25, 0.3) is 5.91 Å². The number of furan rings is 1. The molecule has 25 heavy (non-hydrogen) atoms. The first kappa shape index (κ1) is 17.5. The van der Waals surface area contributed by atoms with Crippen LogP contribution in [-0.2, 0) is 16.1 Å². The monoisotopic (exact) mass is 347 g/mol. The van der Waals surface area contributed by atoms with Crippen LogP contribution < -0.4 is 10.6 Å². The lowest BCUT2D eigenvalue weighted by Crippen LogP contribution is -2.41. The Bertz CT molecular complexity index is 628. The van der Waals surface area contributed by atoms with Crippen molar-refractivity contribution < 1.29 is 18.8 Å². The van der Waals surface area contributed by atoms with Gasteiger partial charge >= 0.3 is 6.03 Å². The van der Waals surface area contributed by atoms with Crippen LogP contribution in [0.4, 0.5) is 4.79 Å². The molecule has 2 unspecified atom stereocenters. The number of hydrogen-bond acceptors (Lipinski definition) is 4. The van der Waals surface area contributed by atoms with E-state index in [1.807, 2.05) is 0 Å². The van der Waals surface area contributed by atoms with Crippen molar-refractivity contribution in [3.05, 3.63) is 24.2 Å². The molecule has 4 amide bonds. The third-order valence-corrected chi connectivity index (χ3v) is 5.12. The molecule has 3 atom stereocenters. The zero-order valence-electron chi connectivity index (χ0n) is 14.5. The molecule has 2 fully saturated rings. The molecule has 1 aromatic heterocycles. The van der Waals surface area contributed by atoms with Crippen molar-refractivity contribution in [3.63, 3.8) is 0 Å². The van der Waals surface area contributed by atoms with Crippen LogP contribution in [0.5, 0.6) is 0 Å². The molecule has 1 saturated heterocycles. The Hall–Kier alpha value is -2.31. The standard InChI is InChI=1S/C18H25N3O4/c1-12-5-2-3-7-14(12)19-16(22)9-8-15-17(23)21(18(24)20-15)11-13-6-4-10-25-13/h4,6,10,12,14-15H,2-3,5,7-9,11H2,1H3,(H,19,22)(H,20,24)/t12?,14?,15-/m0/s1. The molecule has 2 aliphatic rings. The van der Waals surface area contributed by atoms with Crippen LogP contribution in [0.25, 0.3) is 0 Å². The fourth-order valence-corrected chi connectivity index (χ4v) is 3.57. The van der Waals surface area contributed by atoms with Gasteiger partial charge in [-0.15, -0.1) is 0 Å². The number of carbonyl (C=O) groups excluding carboxylic acids is 3. The van der Waals surface area contributed by atoms with Crippen molar-refractivity contribution in [2.75, 3.05) is 0 Å². The van der Waals surface area contributed by atoms with Gasteiger partial charge in [0, 0.05) is 12.5 Å². The van der Waals surface area contributed by atoms with Gasteiger partial charge in [0.15, 0.2) is 0 Å². The SMILES string of the molecule is CC1CCCCC1NC(=O)CC[C@@H]1NC(=O)N(Cc2ccco2)C1=O. The quantitative estimate of drug-likeness (QED) is 0.772. The minimum atomic E-state index is -0.642. The molecule has 7 nitrogen and oxygen atoms in total. The number of nitrogens with one attached hydrogen (secondary N) is 2. The maximum Gasteiger partial charge on any atom is 0.325 e. The average molecular weight is 347 g/mol. The predicted molar refractivity (Wildman–Crippen MR) is 90.4 cm³/mol. The van der Waals surface area contributed by atoms with Crippen molar-refractivity contribution in [1.82, 2.24) is 15.5 Å². The maximum absolute atomic E-state index is 12.4. The summed E-state index contributed by atoms with van der Waals surface area (Å²) in [5.74, 6) is 0.688. The van der Waals surface area contributed by atoms with Crippen molar-refractivity contribution in [2.45, 2.75) is 64.1 Å². The molecule has 136 valence electrons. The van der Waals surface area contributed by atoms with E-state index in [2.05, 4.69) is 17.6 Å². The Kier molecular flexibility index (Phi) is 5.40. The van der Waals surface area contributed by atoms with Gasteiger partial charge < -0.3 is 15.1 Å². The molecule has 3 rings (SSSR count). The second-order valence-corrected chi connectivity index (χ2v) is 6.98. The molecular weight excluding hydrogens is 322 g/mol. The first-order valence-corrected chi connectivity index (χ1v) is 8.98. The molecule has 0 aromatic carbocycles. The van der Waals surface area contributed by atoms with Crippen LogP contribution in [0.1, 0.15) is 51.2 Å². The number of rotatable bonds is 6. The largest absolute Gasteiger partial charge is 0.467 e. The van der Waals surface area contributed by atoms with Crippen LogP contribution >= 0.6 is 0 Å². The number of amides is 4. The number of carbonyl (C=O) groups is 3. The number of hydrogen-bond donors (Lipinski definition) is 2. The Morgan fingerprint density at radius 1 is 1.36 bits per heavy atom. The van der Waals surface area contributed by atoms with Crippen LogP contribution in [-0.4, -0.2) is 34.8 Å². The van der Waals surface area contributed by atoms with Gasteiger partial charge in [-0.1, -0.05) is 19.8 Å². The molecule has 1 aliphatic heterocycles. The fourth-order valence-electron chi connectivity index (χ4n) is 3.57. The third-order valence-electron chi connectivity index (χ3n) is 5.12. The van der Waals surface area contributed by atoms with E-state index in [0.717, 1.165) is 24.2 Å². The van der Waals surface area contributed by atoms with E-state index < -0.39 is 12.1 Å². The summed E-state index contributed by atoms with van der Waals surface area (Å²) in [7, 11) is 0. The first-order valence-electron chi connectivity index (χ1n) is 8.98. The Balaban J connectivity index is 1.47. The van der Waals surface area contributed by atoms with Crippen LogP contribution in [0.15, 0.2) is 22.8 Å². The lowest BCUT2D eigenvalue weighted by Gasteiger charge is -2.29. The lowest BCUT2D eigenvalue weighted by molar-refractivity contribution is -0.128. The zero-order valence-corrected chi connectivity index (χ0v) is 14.5. The molecule has 0 spiro atoms. The smallest absolute Gasteiger partial charge is 0.325 e.